The molecule has 25 heavy (non-hydrogen) atoms. The number of hydrogen-bond donors (Lipinski definition) is 0. The number of hydrogen-bond acceptors (Lipinski definition) is 5. The van der Waals surface area contributed by atoms with Crippen molar-refractivity contribution in [3.8, 4) is 5.75 Å². The predicted octanol–water partition coefficient (Wildman–Crippen LogP) is 1.58. The van der Waals surface area contributed by atoms with Crippen LogP contribution in [0.5, 0.6) is 5.75 Å². The molecule has 0 N–H and O–H groups in total. The van der Waals surface area contributed by atoms with Gasteiger partial charge in [0.1, 0.15) is 12.4 Å². The molecule has 0 aliphatic carbocycles. The monoisotopic (exact) mass is 347 g/mol. The summed E-state index contributed by atoms with van der Waals surface area (Å²) in [7, 11) is 2.21. The van der Waals surface area contributed by atoms with Crippen molar-refractivity contribution in [2.45, 2.75) is 12.8 Å². The molecule has 0 unspecified atom stereocenters. The van der Waals surface area contributed by atoms with E-state index in [1.54, 1.807) is 0 Å². The number of rotatable bonds is 8. The van der Waals surface area contributed by atoms with Crippen molar-refractivity contribution in [2.75, 3.05) is 79.2 Å². The summed E-state index contributed by atoms with van der Waals surface area (Å²) in [6, 6.07) is 8.66. The fourth-order valence-corrected chi connectivity index (χ4v) is 3.45. The molecule has 2 aliphatic rings. The van der Waals surface area contributed by atoms with Crippen LogP contribution in [0, 0.1) is 0 Å². The smallest absolute Gasteiger partial charge is 0.119 e. The van der Waals surface area contributed by atoms with Gasteiger partial charge in [-0.05, 0) is 44.1 Å². The molecule has 0 atom stereocenters. The van der Waals surface area contributed by atoms with E-state index >= 15 is 0 Å². The second-order valence-electron chi connectivity index (χ2n) is 7.19. The van der Waals surface area contributed by atoms with Gasteiger partial charge in [0.2, 0.25) is 0 Å². The van der Waals surface area contributed by atoms with Gasteiger partial charge in [0.25, 0.3) is 0 Å². The lowest BCUT2D eigenvalue weighted by Crippen LogP contribution is -2.44. The van der Waals surface area contributed by atoms with Crippen LogP contribution in [0.2, 0.25) is 0 Å². The molecule has 1 aromatic rings. The Morgan fingerprint density at radius 1 is 0.880 bits per heavy atom. The minimum atomic E-state index is 0.753. The van der Waals surface area contributed by atoms with E-state index in [2.05, 4.69) is 46.0 Å². The minimum absolute atomic E-state index is 0.753. The number of likely N-dealkylation sites (N-methyl/N-ethyl adjacent to an activating group) is 1. The van der Waals surface area contributed by atoms with E-state index in [9.17, 15) is 0 Å². The summed E-state index contributed by atoms with van der Waals surface area (Å²) < 4.78 is 11.2. The van der Waals surface area contributed by atoms with Gasteiger partial charge < -0.3 is 19.3 Å². The van der Waals surface area contributed by atoms with Crippen molar-refractivity contribution in [1.29, 1.82) is 0 Å². The largest absolute Gasteiger partial charge is 0.492 e. The van der Waals surface area contributed by atoms with Crippen molar-refractivity contribution in [1.82, 2.24) is 14.7 Å². The Kier molecular flexibility index (Phi) is 7.55. The lowest BCUT2D eigenvalue weighted by molar-refractivity contribution is 0.0322. The molecule has 0 radical (unpaired) electrons. The highest BCUT2D eigenvalue weighted by Crippen LogP contribution is 2.14. The van der Waals surface area contributed by atoms with E-state index in [0.717, 1.165) is 51.6 Å². The molecule has 2 fully saturated rings. The Hall–Kier alpha value is -1.14. The van der Waals surface area contributed by atoms with Crippen LogP contribution in [0.1, 0.15) is 12.0 Å². The molecule has 1 aromatic carbocycles. The zero-order chi connectivity index (χ0) is 17.3. The molecule has 140 valence electrons. The average Bonchev–Trinajstić information content (AvgIpc) is 2.66. The van der Waals surface area contributed by atoms with Crippen LogP contribution in [0.4, 0.5) is 0 Å². The van der Waals surface area contributed by atoms with E-state index in [4.69, 9.17) is 9.47 Å². The first kappa shape index (κ1) is 18.6. The van der Waals surface area contributed by atoms with Crippen LogP contribution in [0.15, 0.2) is 24.3 Å². The molecule has 0 amide bonds. The molecule has 0 aromatic heterocycles. The maximum atomic E-state index is 5.88. The summed E-state index contributed by atoms with van der Waals surface area (Å²) in [4.78, 5) is 7.40. The van der Waals surface area contributed by atoms with E-state index in [-0.39, 0.29) is 0 Å². The number of nitrogens with zero attached hydrogens (tertiary/aromatic N) is 3. The van der Waals surface area contributed by atoms with E-state index in [0.29, 0.717) is 0 Å². The van der Waals surface area contributed by atoms with Crippen molar-refractivity contribution in [3.63, 3.8) is 0 Å². The molecule has 0 spiro atoms. The molecule has 3 rings (SSSR count). The highest BCUT2D eigenvalue weighted by atomic mass is 16.5. The number of ether oxygens (including phenoxy) is 2. The fourth-order valence-electron chi connectivity index (χ4n) is 3.45. The molecule has 2 saturated heterocycles. The maximum absolute atomic E-state index is 5.88. The number of piperazine rings is 1. The molecule has 5 nitrogen and oxygen atoms in total. The van der Waals surface area contributed by atoms with Crippen molar-refractivity contribution in [2.24, 2.45) is 0 Å². The van der Waals surface area contributed by atoms with Gasteiger partial charge in [-0.25, -0.2) is 0 Å². The van der Waals surface area contributed by atoms with Gasteiger partial charge in [0.05, 0.1) is 13.2 Å². The first-order valence-electron chi connectivity index (χ1n) is 9.72. The van der Waals surface area contributed by atoms with Crippen molar-refractivity contribution >= 4 is 0 Å². The third-order valence-corrected chi connectivity index (χ3v) is 5.24. The van der Waals surface area contributed by atoms with Crippen LogP contribution >= 0.6 is 0 Å². The lowest BCUT2D eigenvalue weighted by Gasteiger charge is -2.32. The normalized spacial score (nSPS) is 20.7. The standard InChI is InChI=1S/C20H33N3O2/c1-21-9-11-22(12-10-21)8-2-3-19-4-6-20(7-5-19)25-18-15-23-13-16-24-17-14-23/h4-7H,2-3,8-18H2,1H3. The summed E-state index contributed by atoms with van der Waals surface area (Å²) in [5, 5.41) is 0. The lowest BCUT2D eigenvalue weighted by atomic mass is 10.1. The van der Waals surface area contributed by atoms with Crippen LogP contribution in [0.3, 0.4) is 0 Å². The number of benzene rings is 1. The van der Waals surface area contributed by atoms with Gasteiger partial charge in [0.15, 0.2) is 0 Å². The Bertz CT molecular complexity index is 480. The summed E-state index contributed by atoms with van der Waals surface area (Å²) in [5.41, 5.74) is 1.41. The first-order valence-corrected chi connectivity index (χ1v) is 9.72. The van der Waals surface area contributed by atoms with Crippen molar-refractivity contribution < 1.29 is 9.47 Å². The summed E-state index contributed by atoms with van der Waals surface area (Å²) >= 11 is 0. The van der Waals surface area contributed by atoms with E-state index in [1.807, 2.05) is 0 Å². The number of aryl methyl sites for hydroxylation is 1. The zero-order valence-electron chi connectivity index (χ0n) is 15.7. The number of morpholine rings is 1. The summed E-state index contributed by atoms with van der Waals surface area (Å²) in [6.45, 7) is 11.5. The van der Waals surface area contributed by atoms with Gasteiger partial charge in [-0.2, -0.15) is 0 Å². The molecular weight excluding hydrogens is 314 g/mol. The predicted molar refractivity (Wildman–Crippen MR) is 101 cm³/mol. The van der Waals surface area contributed by atoms with Crippen LogP contribution < -0.4 is 4.74 Å². The Balaban J connectivity index is 1.30. The van der Waals surface area contributed by atoms with Gasteiger partial charge in [0, 0.05) is 45.8 Å². The van der Waals surface area contributed by atoms with E-state index < -0.39 is 0 Å². The Morgan fingerprint density at radius 2 is 1.56 bits per heavy atom. The minimum Gasteiger partial charge on any atom is -0.492 e. The zero-order valence-corrected chi connectivity index (χ0v) is 15.7. The van der Waals surface area contributed by atoms with Crippen LogP contribution in [0.25, 0.3) is 0 Å². The summed E-state index contributed by atoms with van der Waals surface area (Å²) in [6.07, 6.45) is 2.39. The quantitative estimate of drug-likeness (QED) is 0.712. The van der Waals surface area contributed by atoms with Crippen molar-refractivity contribution in [3.05, 3.63) is 29.8 Å². The van der Waals surface area contributed by atoms with Gasteiger partial charge in [-0.1, -0.05) is 12.1 Å². The molecule has 2 heterocycles. The average molecular weight is 348 g/mol. The molecule has 5 heteroatoms. The second kappa shape index (κ2) is 10.1. The Morgan fingerprint density at radius 3 is 2.28 bits per heavy atom. The van der Waals surface area contributed by atoms with Gasteiger partial charge in [-0.3, -0.25) is 4.90 Å². The third kappa shape index (κ3) is 6.59. The third-order valence-electron chi connectivity index (χ3n) is 5.24. The van der Waals surface area contributed by atoms with Crippen LogP contribution in [-0.2, 0) is 11.2 Å². The Labute approximate surface area is 152 Å². The highest BCUT2D eigenvalue weighted by Gasteiger charge is 2.13. The van der Waals surface area contributed by atoms with E-state index in [1.165, 1.54) is 44.7 Å². The fraction of sp³-hybridized carbons (Fsp3) is 0.700. The molecule has 0 bridgehead atoms. The van der Waals surface area contributed by atoms with Crippen LogP contribution in [-0.4, -0.2) is 93.9 Å². The molecular formula is C20H33N3O2. The van der Waals surface area contributed by atoms with Gasteiger partial charge >= 0.3 is 0 Å². The molecule has 2 aliphatic heterocycles. The molecule has 0 saturated carbocycles. The maximum Gasteiger partial charge on any atom is 0.119 e. The second-order valence-corrected chi connectivity index (χ2v) is 7.19. The SMILES string of the molecule is CN1CCN(CCCc2ccc(OCCN3CCOCC3)cc2)CC1. The first-order chi connectivity index (χ1) is 12.3. The topological polar surface area (TPSA) is 28.2 Å². The van der Waals surface area contributed by atoms with Gasteiger partial charge in [-0.15, -0.1) is 0 Å². The highest BCUT2D eigenvalue weighted by molar-refractivity contribution is 5.27. The summed E-state index contributed by atoms with van der Waals surface area (Å²) in [5.74, 6) is 0.982.